The Bertz CT molecular complexity index is 474. The molecule has 5 nitrogen and oxygen atoms in total. The van der Waals surface area contributed by atoms with E-state index >= 15 is 0 Å². The zero-order valence-electron chi connectivity index (χ0n) is 12.2. The van der Waals surface area contributed by atoms with Crippen molar-refractivity contribution in [3.05, 3.63) is 18.2 Å². The number of anilines is 1. The van der Waals surface area contributed by atoms with Gasteiger partial charge in [-0.25, -0.2) is 0 Å². The normalized spacial score (nSPS) is 14.2. The van der Waals surface area contributed by atoms with Crippen molar-refractivity contribution in [1.29, 1.82) is 0 Å². The highest BCUT2D eigenvalue weighted by atomic mass is 16.7. The Kier molecular flexibility index (Phi) is 4.71. The maximum atomic E-state index is 11.9. The Hall–Kier alpha value is -1.91. The first-order valence-electron chi connectivity index (χ1n) is 7.00. The van der Waals surface area contributed by atoms with E-state index in [9.17, 15) is 4.79 Å². The summed E-state index contributed by atoms with van der Waals surface area (Å²) >= 11 is 0. The molecule has 1 aromatic rings. The minimum atomic E-state index is -0.289. The average Bonchev–Trinajstić information content (AvgIpc) is 2.85. The highest BCUT2D eigenvalue weighted by Gasteiger charge is 2.16. The summed E-state index contributed by atoms with van der Waals surface area (Å²) in [7, 11) is 0. The first kappa shape index (κ1) is 14.5. The molecule has 0 saturated heterocycles. The van der Waals surface area contributed by atoms with Crippen molar-refractivity contribution in [3.8, 4) is 11.5 Å². The number of amides is 1. The van der Waals surface area contributed by atoms with Crippen molar-refractivity contribution >= 4 is 11.6 Å². The molecule has 0 aromatic heterocycles. The number of nitrogens with one attached hydrogen (secondary N) is 2. The summed E-state index contributed by atoms with van der Waals surface area (Å²) in [5.41, 5.74) is 0.848. The number of ether oxygens (including phenoxy) is 2. The van der Waals surface area contributed by atoms with Crippen LogP contribution in [-0.4, -0.2) is 25.3 Å². The molecule has 0 saturated carbocycles. The van der Waals surface area contributed by atoms with Crippen molar-refractivity contribution in [2.24, 2.45) is 5.92 Å². The van der Waals surface area contributed by atoms with Gasteiger partial charge < -0.3 is 20.1 Å². The zero-order valence-corrected chi connectivity index (χ0v) is 12.2. The Labute approximate surface area is 119 Å². The van der Waals surface area contributed by atoms with Gasteiger partial charge >= 0.3 is 0 Å². The van der Waals surface area contributed by atoms with E-state index in [4.69, 9.17) is 9.47 Å². The lowest BCUT2D eigenvalue weighted by Gasteiger charge is -2.16. The van der Waals surface area contributed by atoms with E-state index in [1.54, 1.807) is 0 Å². The van der Waals surface area contributed by atoms with Crippen LogP contribution in [0.3, 0.4) is 0 Å². The second-order valence-corrected chi connectivity index (χ2v) is 5.41. The predicted molar refractivity (Wildman–Crippen MR) is 78.1 cm³/mol. The van der Waals surface area contributed by atoms with Crippen molar-refractivity contribution in [3.63, 3.8) is 0 Å². The highest BCUT2D eigenvalue weighted by Crippen LogP contribution is 2.34. The van der Waals surface area contributed by atoms with E-state index in [1.165, 1.54) is 0 Å². The molecule has 1 amide bonds. The Morgan fingerprint density at radius 1 is 1.25 bits per heavy atom. The second-order valence-electron chi connectivity index (χ2n) is 5.41. The maximum Gasteiger partial charge on any atom is 0.242 e. The van der Waals surface area contributed by atoms with Crippen LogP contribution in [0.2, 0.25) is 0 Å². The second kappa shape index (κ2) is 6.50. The van der Waals surface area contributed by atoms with Gasteiger partial charge in [0.1, 0.15) is 6.04 Å². The molecule has 2 N–H and O–H groups in total. The van der Waals surface area contributed by atoms with E-state index in [1.807, 2.05) is 25.1 Å². The molecule has 1 aliphatic rings. The topological polar surface area (TPSA) is 59.6 Å². The third-order valence-electron chi connectivity index (χ3n) is 3.17. The van der Waals surface area contributed by atoms with Crippen molar-refractivity contribution < 1.29 is 14.3 Å². The molecule has 0 radical (unpaired) electrons. The van der Waals surface area contributed by atoms with Gasteiger partial charge in [0, 0.05) is 18.3 Å². The Balaban J connectivity index is 1.84. The van der Waals surface area contributed by atoms with Crippen LogP contribution in [0.1, 0.15) is 27.2 Å². The largest absolute Gasteiger partial charge is 0.454 e. The number of hydrogen-bond donors (Lipinski definition) is 2. The minimum Gasteiger partial charge on any atom is -0.454 e. The first-order valence-corrected chi connectivity index (χ1v) is 7.00. The lowest BCUT2D eigenvalue weighted by atomic mass is 10.1. The summed E-state index contributed by atoms with van der Waals surface area (Å²) in [5, 5.41) is 6.09. The molecule has 0 aliphatic carbocycles. The molecule has 5 heteroatoms. The fourth-order valence-corrected chi connectivity index (χ4v) is 1.94. The Morgan fingerprint density at radius 2 is 2.00 bits per heavy atom. The standard InChI is InChI=1S/C15H22N2O3/c1-10(2)6-7-16-15(18)11(3)17-12-4-5-13-14(8-12)20-9-19-13/h4-5,8,10-11,17H,6-7,9H2,1-3H3,(H,16,18). The summed E-state index contributed by atoms with van der Waals surface area (Å²) in [6.45, 7) is 7.09. The van der Waals surface area contributed by atoms with Gasteiger partial charge in [-0.3, -0.25) is 4.79 Å². The molecule has 20 heavy (non-hydrogen) atoms. The average molecular weight is 278 g/mol. The van der Waals surface area contributed by atoms with Crippen LogP contribution in [0.5, 0.6) is 11.5 Å². The van der Waals surface area contributed by atoms with Crippen LogP contribution in [0.4, 0.5) is 5.69 Å². The molecular weight excluding hydrogens is 256 g/mol. The SMILES string of the molecule is CC(C)CCNC(=O)C(C)Nc1ccc2c(c1)OCO2. The summed E-state index contributed by atoms with van der Waals surface area (Å²) < 4.78 is 10.6. The highest BCUT2D eigenvalue weighted by molar-refractivity contribution is 5.84. The van der Waals surface area contributed by atoms with Crippen LogP contribution < -0.4 is 20.1 Å². The van der Waals surface area contributed by atoms with Gasteiger partial charge in [-0.05, 0) is 31.4 Å². The lowest BCUT2D eigenvalue weighted by molar-refractivity contribution is -0.121. The van der Waals surface area contributed by atoms with Gasteiger partial charge in [-0.2, -0.15) is 0 Å². The van der Waals surface area contributed by atoms with Crippen molar-refractivity contribution in [1.82, 2.24) is 5.32 Å². The predicted octanol–water partition coefficient (Wildman–Crippen LogP) is 2.38. The van der Waals surface area contributed by atoms with Crippen LogP contribution in [0, 0.1) is 5.92 Å². The molecule has 1 heterocycles. The molecule has 0 bridgehead atoms. The smallest absolute Gasteiger partial charge is 0.242 e. The third-order valence-corrected chi connectivity index (χ3v) is 3.17. The van der Waals surface area contributed by atoms with Crippen LogP contribution in [-0.2, 0) is 4.79 Å². The van der Waals surface area contributed by atoms with E-state index in [0.29, 0.717) is 18.2 Å². The van der Waals surface area contributed by atoms with Gasteiger partial charge in [0.25, 0.3) is 0 Å². The van der Waals surface area contributed by atoms with Gasteiger partial charge in [0.15, 0.2) is 11.5 Å². The number of rotatable bonds is 6. The zero-order chi connectivity index (χ0) is 14.5. The number of carbonyl (C=O) groups is 1. The Morgan fingerprint density at radius 3 is 2.75 bits per heavy atom. The van der Waals surface area contributed by atoms with Crippen LogP contribution in [0.25, 0.3) is 0 Å². The molecular formula is C15H22N2O3. The molecule has 1 aliphatic heterocycles. The van der Waals surface area contributed by atoms with Crippen LogP contribution >= 0.6 is 0 Å². The van der Waals surface area contributed by atoms with Gasteiger partial charge in [-0.15, -0.1) is 0 Å². The van der Waals surface area contributed by atoms with E-state index in [2.05, 4.69) is 24.5 Å². The number of carbonyl (C=O) groups excluding carboxylic acids is 1. The van der Waals surface area contributed by atoms with E-state index in [0.717, 1.165) is 17.9 Å². The fraction of sp³-hybridized carbons (Fsp3) is 0.533. The van der Waals surface area contributed by atoms with E-state index in [-0.39, 0.29) is 18.7 Å². The molecule has 0 spiro atoms. The van der Waals surface area contributed by atoms with E-state index < -0.39 is 0 Å². The maximum absolute atomic E-state index is 11.9. The number of benzene rings is 1. The monoisotopic (exact) mass is 278 g/mol. The first-order chi connectivity index (χ1) is 9.56. The van der Waals surface area contributed by atoms with Gasteiger partial charge in [0.05, 0.1) is 0 Å². The van der Waals surface area contributed by atoms with Crippen LogP contribution in [0.15, 0.2) is 18.2 Å². The lowest BCUT2D eigenvalue weighted by Crippen LogP contribution is -2.38. The van der Waals surface area contributed by atoms with Gasteiger partial charge in [0.2, 0.25) is 12.7 Å². The van der Waals surface area contributed by atoms with Crippen molar-refractivity contribution in [2.75, 3.05) is 18.7 Å². The number of fused-ring (bicyclic) bond motifs is 1. The fourth-order valence-electron chi connectivity index (χ4n) is 1.94. The quantitative estimate of drug-likeness (QED) is 0.838. The summed E-state index contributed by atoms with van der Waals surface area (Å²) in [6.07, 6.45) is 0.989. The summed E-state index contributed by atoms with van der Waals surface area (Å²) in [5.74, 6) is 2.04. The number of hydrogen-bond acceptors (Lipinski definition) is 4. The van der Waals surface area contributed by atoms with Gasteiger partial charge in [-0.1, -0.05) is 13.8 Å². The molecule has 1 aromatic carbocycles. The molecule has 1 atom stereocenters. The summed E-state index contributed by atoms with van der Waals surface area (Å²) in [6, 6.07) is 5.28. The minimum absolute atomic E-state index is 0.00307. The van der Waals surface area contributed by atoms with Crippen molar-refractivity contribution in [2.45, 2.75) is 33.2 Å². The molecule has 110 valence electrons. The third kappa shape index (κ3) is 3.79. The molecule has 1 unspecified atom stereocenters. The molecule has 0 fully saturated rings. The summed E-state index contributed by atoms with van der Waals surface area (Å²) in [4.78, 5) is 11.9. The molecule has 2 rings (SSSR count).